The Morgan fingerprint density at radius 1 is 1.10 bits per heavy atom. The second-order valence-corrected chi connectivity index (χ2v) is 7.34. The lowest BCUT2D eigenvalue weighted by atomic mass is 10.1. The number of pyridine rings is 1. The summed E-state index contributed by atoms with van der Waals surface area (Å²) in [5, 5.41) is 11.7. The molecule has 1 fully saturated rings. The van der Waals surface area contributed by atoms with E-state index in [0.29, 0.717) is 13.1 Å². The number of carbonyl (C=O) groups is 2. The Labute approximate surface area is 182 Å². The lowest BCUT2D eigenvalue weighted by Gasteiger charge is -2.36. The highest BCUT2D eigenvalue weighted by Crippen LogP contribution is 2.23. The lowest BCUT2D eigenvalue weighted by Crippen LogP contribution is -2.50. The summed E-state index contributed by atoms with van der Waals surface area (Å²) in [7, 11) is 3.15. The molecule has 0 bridgehead atoms. The Morgan fingerprint density at radius 3 is 2.32 bits per heavy atom. The predicted molar refractivity (Wildman–Crippen MR) is 119 cm³/mol. The summed E-state index contributed by atoms with van der Waals surface area (Å²) in [6.45, 7) is 4.02. The summed E-state index contributed by atoms with van der Waals surface area (Å²) in [6.07, 6.45) is 0.802. The van der Waals surface area contributed by atoms with Crippen molar-refractivity contribution in [3.63, 3.8) is 0 Å². The van der Waals surface area contributed by atoms with Crippen molar-refractivity contribution in [2.24, 2.45) is 0 Å². The molecule has 1 aliphatic rings. The van der Waals surface area contributed by atoms with Crippen LogP contribution in [0.4, 0.5) is 10.6 Å². The monoisotopic (exact) mass is 427 g/mol. The van der Waals surface area contributed by atoms with Crippen LogP contribution in [-0.4, -0.2) is 91.9 Å². The summed E-state index contributed by atoms with van der Waals surface area (Å²) in [4.78, 5) is 33.0. The number of ether oxygens (including phenoxy) is 1. The van der Waals surface area contributed by atoms with Crippen LogP contribution in [0.5, 0.6) is 5.75 Å². The van der Waals surface area contributed by atoms with E-state index in [2.05, 4.69) is 26.2 Å². The molecule has 0 atom stereocenters. The first-order valence-electron chi connectivity index (χ1n) is 10.3. The van der Waals surface area contributed by atoms with Crippen LogP contribution in [0.3, 0.4) is 0 Å². The SMILES string of the molecule is CNC(=O)CN(CCN1CCN(c2ccc(-c3ccc(OC)cc3)cn2)CC1)C(=O)O. The van der Waals surface area contributed by atoms with E-state index in [-0.39, 0.29) is 12.5 Å². The molecule has 2 N–H and O–H groups in total. The minimum atomic E-state index is -1.08. The molecule has 2 heterocycles. The number of carbonyl (C=O) groups excluding carboxylic acids is 1. The molecule has 3 rings (SSSR count). The van der Waals surface area contributed by atoms with Gasteiger partial charge >= 0.3 is 6.09 Å². The van der Waals surface area contributed by atoms with Gasteiger partial charge in [0.05, 0.1) is 7.11 Å². The van der Waals surface area contributed by atoms with Gasteiger partial charge in [-0.3, -0.25) is 14.6 Å². The fourth-order valence-electron chi connectivity index (χ4n) is 3.48. The molecule has 31 heavy (non-hydrogen) atoms. The van der Waals surface area contributed by atoms with Crippen LogP contribution in [0.15, 0.2) is 42.6 Å². The number of likely N-dealkylation sites (N-methyl/N-ethyl adjacent to an activating group) is 1. The van der Waals surface area contributed by atoms with Gasteiger partial charge in [-0.05, 0) is 29.8 Å². The minimum Gasteiger partial charge on any atom is -0.497 e. The van der Waals surface area contributed by atoms with Crippen molar-refractivity contribution in [1.82, 2.24) is 20.1 Å². The Kier molecular flexibility index (Phi) is 7.66. The average Bonchev–Trinajstić information content (AvgIpc) is 2.82. The molecular weight excluding hydrogens is 398 g/mol. The van der Waals surface area contributed by atoms with Gasteiger partial charge in [0.15, 0.2) is 0 Å². The number of nitrogens with one attached hydrogen (secondary N) is 1. The quantitative estimate of drug-likeness (QED) is 0.660. The smallest absolute Gasteiger partial charge is 0.407 e. The van der Waals surface area contributed by atoms with Crippen molar-refractivity contribution in [3.05, 3.63) is 42.6 Å². The zero-order chi connectivity index (χ0) is 22.2. The Morgan fingerprint density at radius 2 is 1.77 bits per heavy atom. The van der Waals surface area contributed by atoms with Crippen LogP contribution >= 0.6 is 0 Å². The molecule has 1 aliphatic heterocycles. The number of nitrogens with zero attached hydrogens (tertiary/aromatic N) is 4. The zero-order valence-corrected chi connectivity index (χ0v) is 18.0. The fraction of sp³-hybridized carbons (Fsp3) is 0.409. The van der Waals surface area contributed by atoms with Crippen molar-refractivity contribution in [1.29, 1.82) is 0 Å². The fourth-order valence-corrected chi connectivity index (χ4v) is 3.48. The second kappa shape index (κ2) is 10.6. The first-order chi connectivity index (χ1) is 15.0. The number of hydrogen-bond donors (Lipinski definition) is 2. The Balaban J connectivity index is 1.50. The number of anilines is 1. The van der Waals surface area contributed by atoms with Crippen LogP contribution in [0.2, 0.25) is 0 Å². The highest BCUT2D eigenvalue weighted by Gasteiger charge is 2.21. The number of amides is 2. The van der Waals surface area contributed by atoms with Gasteiger partial charge in [-0.2, -0.15) is 0 Å². The number of rotatable bonds is 8. The molecule has 0 saturated carbocycles. The van der Waals surface area contributed by atoms with Gasteiger partial charge in [-0.1, -0.05) is 12.1 Å². The Hall–Kier alpha value is -3.33. The van der Waals surface area contributed by atoms with Crippen molar-refractivity contribution in [3.8, 4) is 16.9 Å². The van der Waals surface area contributed by atoms with Crippen LogP contribution < -0.4 is 15.0 Å². The number of hydrogen-bond acceptors (Lipinski definition) is 6. The number of benzene rings is 1. The third-order valence-electron chi connectivity index (χ3n) is 5.44. The molecule has 0 spiro atoms. The largest absolute Gasteiger partial charge is 0.497 e. The van der Waals surface area contributed by atoms with Crippen molar-refractivity contribution >= 4 is 17.8 Å². The number of methoxy groups -OCH3 is 1. The molecule has 1 aromatic heterocycles. The van der Waals surface area contributed by atoms with Gasteiger partial charge in [0.2, 0.25) is 5.91 Å². The van der Waals surface area contributed by atoms with Crippen molar-refractivity contribution in [2.45, 2.75) is 0 Å². The number of carboxylic acid groups (broad SMARTS) is 1. The molecule has 166 valence electrons. The van der Waals surface area contributed by atoms with Crippen LogP contribution in [0, 0.1) is 0 Å². The normalized spacial score (nSPS) is 14.2. The van der Waals surface area contributed by atoms with Gasteiger partial charge in [-0.25, -0.2) is 9.78 Å². The molecule has 1 saturated heterocycles. The summed E-state index contributed by atoms with van der Waals surface area (Å²) in [6, 6.07) is 12.0. The topological polar surface area (TPSA) is 98.2 Å². The van der Waals surface area contributed by atoms with Crippen LogP contribution in [0.1, 0.15) is 0 Å². The summed E-state index contributed by atoms with van der Waals surface area (Å²) < 4.78 is 5.20. The average molecular weight is 428 g/mol. The summed E-state index contributed by atoms with van der Waals surface area (Å²) in [5.41, 5.74) is 2.14. The van der Waals surface area contributed by atoms with E-state index in [1.54, 1.807) is 7.11 Å². The van der Waals surface area contributed by atoms with E-state index in [0.717, 1.165) is 53.8 Å². The third kappa shape index (κ3) is 6.08. The van der Waals surface area contributed by atoms with E-state index in [1.165, 1.54) is 7.05 Å². The predicted octanol–water partition coefficient (Wildman–Crippen LogP) is 1.61. The third-order valence-corrected chi connectivity index (χ3v) is 5.44. The van der Waals surface area contributed by atoms with Crippen LogP contribution in [-0.2, 0) is 4.79 Å². The molecule has 0 unspecified atom stereocenters. The second-order valence-electron chi connectivity index (χ2n) is 7.34. The summed E-state index contributed by atoms with van der Waals surface area (Å²) >= 11 is 0. The number of aromatic nitrogens is 1. The highest BCUT2D eigenvalue weighted by atomic mass is 16.5. The maximum atomic E-state index is 11.5. The first kappa shape index (κ1) is 22.4. The van der Waals surface area contributed by atoms with Gasteiger partial charge < -0.3 is 20.1 Å². The molecule has 2 amide bonds. The minimum absolute atomic E-state index is 0.143. The van der Waals surface area contributed by atoms with Crippen LogP contribution in [0.25, 0.3) is 11.1 Å². The van der Waals surface area contributed by atoms with E-state index >= 15 is 0 Å². The molecule has 9 heteroatoms. The molecule has 1 aromatic carbocycles. The van der Waals surface area contributed by atoms with Gasteiger partial charge in [0, 0.05) is 58.1 Å². The van der Waals surface area contributed by atoms with Crippen molar-refractivity contribution < 1.29 is 19.4 Å². The highest BCUT2D eigenvalue weighted by molar-refractivity contribution is 5.81. The maximum absolute atomic E-state index is 11.5. The molecule has 2 aromatic rings. The molecule has 0 aliphatic carbocycles. The van der Waals surface area contributed by atoms with E-state index in [4.69, 9.17) is 4.74 Å². The van der Waals surface area contributed by atoms with E-state index in [9.17, 15) is 14.7 Å². The lowest BCUT2D eigenvalue weighted by molar-refractivity contribution is -0.121. The molecular formula is C22H29N5O4. The van der Waals surface area contributed by atoms with Crippen molar-refractivity contribution in [2.75, 3.05) is 64.9 Å². The van der Waals surface area contributed by atoms with Gasteiger partial charge in [0.25, 0.3) is 0 Å². The Bertz CT molecular complexity index is 864. The standard InChI is InChI=1S/C22H29N5O4/c1-23-21(28)16-27(22(29)30)14-11-25-9-12-26(13-10-25)20-8-5-18(15-24-20)17-3-6-19(31-2)7-4-17/h3-8,15H,9-14,16H2,1-2H3,(H,23,28)(H,29,30). The number of piperazine rings is 1. The molecule has 9 nitrogen and oxygen atoms in total. The van der Waals surface area contributed by atoms with Gasteiger partial charge in [0.1, 0.15) is 18.1 Å². The van der Waals surface area contributed by atoms with Gasteiger partial charge in [-0.15, -0.1) is 0 Å². The maximum Gasteiger partial charge on any atom is 0.407 e. The first-order valence-corrected chi connectivity index (χ1v) is 10.3. The van der Waals surface area contributed by atoms with E-state index in [1.807, 2.05) is 36.5 Å². The molecule has 0 radical (unpaired) electrons. The zero-order valence-electron chi connectivity index (χ0n) is 18.0. The van der Waals surface area contributed by atoms with E-state index < -0.39 is 6.09 Å². The summed E-state index contributed by atoms with van der Waals surface area (Å²) in [5.74, 6) is 1.45.